The Labute approximate surface area is 116 Å². The highest BCUT2D eigenvalue weighted by molar-refractivity contribution is 7.89. The summed E-state index contributed by atoms with van der Waals surface area (Å²) in [4.78, 5) is 6.59. The molecule has 0 aliphatic carbocycles. The summed E-state index contributed by atoms with van der Waals surface area (Å²) in [5.41, 5.74) is 0.959. The zero-order valence-electron chi connectivity index (χ0n) is 10.3. The van der Waals surface area contributed by atoms with Gasteiger partial charge in [0.15, 0.2) is 5.13 Å². The highest BCUT2D eigenvalue weighted by Crippen LogP contribution is 2.30. The number of piperidine rings is 1. The van der Waals surface area contributed by atoms with E-state index in [2.05, 4.69) is 4.98 Å². The van der Waals surface area contributed by atoms with Crippen LogP contribution < -0.4 is 10.0 Å². The number of thiazole rings is 1. The fourth-order valence-electron chi connectivity index (χ4n) is 2.38. The normalized spacial score (nSPS) is 20.9. The summed E-state index contributed by atoms with van der Waals surface area (Å²) in [6.45, 7) is 1.28. The quantitative estimate of drug-likeness (QED) is 0.912. The van der Waals surface area contributed by atoms with Crippen molar-refractivity contribution in [2.75, 3.05) is 18.0 Å². The van der Waals surface area contributed by atoms with Crippen LogP contribution in [0.25, 0.3) is 10.2 Å². The minimum atomic E-state index is -3.46. The summed E-state index contributed by atoms with van der Waals surface area (Å²) in [6, 6.07) is 7.93. The van der Waals surface area contributed by atoms with Gasteiger partial charge in [0, 0.05) is 13.1 Å². The van der Waals surface area contributed by atoms with E-state index in [-0.39, 0.29) is 0 Å². The number of primary sulfonamides is 1. The summed E-state index contributed by atoms with van der Waals surface area (Å²) < 4.78 is 24.1. The van der Waals surface area contributed by atoms with Gasteiger partial charge >= 0.3 is 0 Å². The lowest BCUT2D eigenvalue weighted by Crippen LogP contribution is -2.44. The molecule has 1 saturated heterocycles. The molecule has 0 spiro atoms. The third kappa shape index (κ3) is 2.58. The number of nitrogens with two attached hydrogens (primary N) is 1. The maximum absolute atomic E-state index is 11.5. The molecular formula is C12H15N3O2S2. The van der Waals surface area contributed by atoms with Crippen molar-refractivity contribution in [3.05, 3.63) is 24.3 Å². The average molecular weight is 297 g/mol. The number of nitrogens with zero attached hydrogens (tertiary/aromatic N) is 2. The maximum Gasteiger partial charge on any atom is 0.213 e. The third-order valence-electron chi connectivity index (χ3n) is 3.40. The molecule has 0 saturated carbocycles. The Morgan fingerprint density at radius 3 is 2.89 bits per heavy atom. The van der Waals surface area contributed by atoms with Crippen molar-refractivity contribution < 1.29 is 8.42 Å². The molecule has 2 heterocycles. The minimum absolute atomic E-state index is 0.443. The van der Waals surface area contributed by atoms with Gasteiger partial charge in [0.05, 0.1) is 15.5 Å². The van der Waals surface area contributed by atoms with Gasteiger partial charge in [0.25, 0.3) is 0 Å². The lowest BCUT2D eigenvalue weighted by molar-refractivity contribution is 0.532. The van der Waals surface area contributed by atoms with Crippen molar-refractivity contribution in [1.82, 2.24) is 4.98 Å². The number of anilines is 1. The van der Waals surface area contributed by atoms with Crippen LogP contribution in [-0.2, 0) is 10.0 Å². The molecule has 2 N–H and O–H groups in total. The number of sulfonamides is 1. The minimum Gasteiger partial charge on any atom is -0.347 e. The zero-order valence-corrected chi connectivity index (χ0v) is 12.0. The lowest BCUT2D eigenvalue weighted by Gasteiger charge is -2.31. The third-order valence-corrected chi connectivity index (χ3v) is 5.81. The van der Waals surface area contributed by atoms with Crippen LogP contribution in [0.2, 0.25) is 0 Å². The first-order valence-corrected chi connectivity index (χ1v) is 8.59. The van der Waals surface area contributed by atoms with Crippen molar-refractivity contribution in [2.24, 2.45) is 5.14 Å². The van der Waals surface area contributed by atoms with Crippen LogP contribution >= 0.6 is 11.3 Å². The summed E-state index contributed by atoms with van der Waals surface area (Å²) in [5, 5.41) is 5.66. The molecule has 0 radical (unpaired) electrons. The van der Waals surface area contributed by atoms with Gasteiger partial charge in [-0.1, -0.05) is 23.5 Å². The van der Waals surface area contributed by atoms with Gasteiger partial charge in [-0.05, 0) is 25.0 Å². The Balaban J connectivity index is 1.89. The van der Waals surface area contributed by atoms with Gasteiger partial charge in [-0.3, -0.25) is 0 Å². The van der Waals surface area contributed by atoms with E-state index in [9.17, 15) is 8.42 Å². The Morgan fingerprint density at radius 2 is 2.16 bits per heavy atom. The molecule has 0 amide bonds. The van der Waals surface area contributed by atoms with E-state index in [1.165, 1.54) is 0 Å². The first kappa shape index (κ1) is 12.8. The van der Waals surface area contributed by atoms with Crippen molar-refractivity contribution in [1.29, 1.82) is 0 Å². The first-order chi connectivity index (χ1) is 9.04. The predicted octanol–water partition coefficient (Wildman–Crippen LogP) is 1.55. The Bertz CT molecular complexity index is 663. The van der Waals surface area contributed by atoms with E-state index in [0.29, 0.717) is 13.0 Å². The predicted molar refractivity (Wildman–Crippen MR) is 78.0 cm³/mol. The first-order valence-electron chi connectivity index (χ1n) is 6.16. The maximum atomic E-state index is 11.5. The monoisotopic (exact) mass is 297 g/mol. The van der Waals surface area contributed by atoms with E-state index in [1.807, 2.05) is 29.2 Å². The Hall–Kier alpha value is -1.18. The van der Waals surface area contributed by atoms with E-state index >= 15 is 0 Å². The van der Waals surface area contributed by atoms with Crippen molar-refractivity contribution >= 4 is 36.7 Å². The highest BCUT2D eigenvalue weighted by atomic mass is 32.2. The van der Waals surface area contributed by atoms with Gasteiger partial charge in [0.1, 0.15) is 0 Å². The number of aromatic nitrogens is 1. The van der Waals surface area contributed by atoms with Crippen LogP contribution in [0.4, 0.5) is 5.13 Å². The summed E-state index contributed by atoms with van der Waals surface area (Å²) in [6.07, 6.45) is 1.47. The van der Waals surface area contributed by atoms with Crippen molar-refractivity contribution in [3.8, 4) is 0 Å². The second kappa shape index (κ2) is 4.73. The lowest BCUT2D eigenvalue weighted by atomic mass is 10.1. The molecular weight excluding hydrogens is 282 g/mol. The number of benzene rings is 1. The van der Waals surface area contributed by atoms with Gasteiger partial charge < -0.3 is 4.90 Å². The van der Waals surface area contributed by atoms with Crippen LogP contribution in [0.1, 0.15) is 12.8 Å². The molecule has 0 bridgehead atoms. The molecule has 7 heteroatoms. The number of hydrogen-bond acceptors (Lipinski definition) is 5. The summed E-state index contributed by atoms with van der Waals surface area (Å²) in [7, 11) is -3.46. The molecule has 1 fully saturated rings. The molecule has 2 aromatic rings. The van der Waals surface area contributed by atoms with E-state index < -0.39 is 15.3 Å². The highest BCUT2D eigenvalue weighted by Gasteiger charge is 2.29. The number of fused-ring (bicyclic) bond motifs is 1. The number of hydrogen-bond donors (Lipinski definition) is 1. The second-order valence-corrected chi connectivity index (χ2v) is 7.62. The average Bonchev–Trinajstić information content (AvgIpc) is 2.81. The molecule has 1 aliphatic rings. The Kier molecular flexibility index (Phi) is 3.20. The van der Waals surface area contributed by atoms with Crippen molar-refractivity contribution in [3.63, 3.8) is 0 Å². The van der Waals surface area contributed by atoms with Crippen molar-refractivity contribution in [2.45, 2.75) is 18.1 Å². The molecule has 19 heavy (non-hydrogen) atoms. The van der Waals surface area contributed by atoms with Gasteiger partial charge in [-0.25, -0.2) is 18.5 Å². The largest absolute Gasteiger partial charge is 0.347 e. The van der Waals surface area contributed by atoms with E-state index in [4.69, 9.17) is 5.14 Å². The zero-order chi connectivity index (χ0) is 13.5. The second-order valence-electron chi connectivity index (χ2n) is 4.76. The molecule has 3 rings (SSSR count). The molecule has 1 aromatic carbocycles. The summed E-state index contributed by atoms with van der Waals surface area (Å²) in [5.74, 6) is 0. The van der Waals surface area contributed by atoms with E-state index in [0.717, 1.165) is 28.3 Å². The van der Waals surface area contributed by atoms with Gasteiger partial charge in [0.2, 0.25) is 10.0 Å². The fourth-order valence-corrected chi connectivity index (χ4v) is 4.26. The van der Waals surface area contributed by atoms with Crippen LogP contribution in [-0.4, -0.2) is 31.7 Å². The number of para-hydroxylation sites is 1. The molecule has 1 aliphatic heterocycles. The standard InChI is InChI=1S/C12H15N3O2S2/c13-19(16,17)9-4-3-7-15(8-9)12-14-10-5-1-2-6-11(10)18-12/h1-2,5-6,9H,3-4,7-8H2,(H2,13,16,17)/t9-/m1/s1. The smallest absolute Gasteiger partial charge is 0.213 e. The van der Waals surface area contributed by atoms with Gasteiger partial charge in [-0.2, -0.15) is 0 Å². The van der Waals surface area contributed by atoms with Crippen LogP contribution in [0.15, 0.2) is 24.3 Å². The van der Waals surface area contributed by atoms with Crippen LogP contribution in [0, 0.1) is 0 Å². The van der Waals surface area contributed by atoms with Crippen LogP contribution in [0.3, 0.4) is 0 Å². The molecule has 102 valence electrons. The fraction of sp³-hybridized carbons (Fsp3) is 0.417. The topological polar surface area (TPSA) is 76.3 Å². The SMILES string of the molecule is NS(=O)(=O)[C@@H]1CCCN(c2nc3ccccc3s2)C1. The molecule has 1 aromatic heterocycles. The summed E-state index contributed by atoms with van der Waals surface area (Å²) >= 11 is 1.60. The number of rotatable bonds is 2. The Morgan fingerprint density at radius 1 is 1.37 bits per heavy atom. The molecule has 0 unspecified atom stereocenters. The van der Waals surface area contributed by atoms with Gasteiger partial charge in [-0.15, -0.1) is 0 Å². The molecule has 1 atom stereocenters. The van der Waals surface area contributed by atoms with E-state index in [1.54, 1.807) is 11.3 Å². The molecule has 5 nitrogen and oxygen atoms in total. The van der Waals surface area contributed by atoms with Crippen LogP contribution in [0.5, 0.6) is 0 Å².